The molecule has 0 aliphatic carbocycles. The zero-order chi connectivity index (χ0) is 19.8. The highest BCUT2D eigenvalue weighted by Crippen LogP contribution is 2.23. The van der Waals surface area contributed by atoms with Crippen molar-refractivity contribution in [2.75, 3.05) is 13.7 Å². The van der Waals surface area contributed by atoms with Crippen LogP contribution in [0.25, 0.3) is 11.3 Å². The minimum atomic E-state index is -0.172. The third-order valence-electron chi connectivity index (χ3n) is 4.25. The summed E-state index contributed by atoms with van der Waals surface area (Å²) < 4.78 is 16.1. The van der Waals surface area contributed by atoms with Gasteiger partial charge in [-0.3, -0.25) is 4.79 Å². The predicted molar refractivity (Wildman–Crippen MR) is 107 cm³/mol. The molecule has 146 valence electrons. The van der Waals surface area contributed by atoms with Crippen LogP contribution in [0.3, 0.4) is 0 Å². The number of hydrogen-bond donors (Lipinski definition) is 1. The molecule has 28 heavy (non-hydrogen) atoms. The Kier molecular flexibility index (Phi) is 6.68. The molecule has 3 aromatic rings. The summed E-state index contributed by atoms with van der Waals surface area (Å²) in [5.74, 6) is 2.01. The smallest absolute Gasteiger partial charge is 0.251 e. The van der Waals surface area contributed by atoms with Gasteiger partial charge in [0.1, 0.15) is 17.2 Å². The number of benzene rings is 2. The molecule has 0 aliphatic rings. The third kappa shape index (κ3) is 5.13. The van der Waals surface area contributed by atoms with E-state index < -0.39 is 0 Å². The number of rotatable bonds is 9. The van der Waals surface area contributed by atoms with Crippen molar-refractivity contribution in [3.63, 3.8) is 0 Å². The first-order chi connectivity index (χ1) is 13.7. The fourth-order valence-corrected chi connectivity index (χ4v) is 2.60. The Labute approximate surface area is 164 Å². The van der Waals surface area contributed by atoms with Gasteiger partial charge in [0.05, 0.1) is 20.3 Å². The van der Waals surface area contributed by atoms with Crippen LogP contribution >= 0.6 is 0 Å². The molecule has 2 aromatic carbocycles. The second-order valence-corrected chi connectivity index (χ2v) is 6.32. The van der Waals surface area contributed by atoms with Crippen molar-refractivity contribution in [3.8, 4) is 22.8 Å². The average Bonchev–Trinajstić information content (AvgIpc) is 3.22. The number of nitrogens with zero attached hydrogens (tertiary/aromatic N) is 1. The van der Waals surface area contributed by atoms with Crippen molar-refractivity contribution in [3.05, 3.63) is 65.9 Å². The number of aromatic nitrogens is 1. The molecule has 1 amide bonds. The summed E-state index contributed by atoms with van der Waals surface area (Å²) in [5, 5.41) is 6.86. The van der Waals surface area contributed by atoms with E-state index in [1.54, 1.807) is 19.2 Å². The van der Waals surface area contributed by atoms with E-state index in [9.17, 15) is 4.79 Å². The van der Waals surface area contributed by atoms with Crippen LogP contribution in [-0.2, 0) is 6.54 Å². The van der Waals surface area contributed by atoms with Gasteiger partial charge in [-0.25, -0.2) is 0 Å². The molecule has 0 bridgehead atoms. The minimum Gasteiger partial charge on any atom is -0.497 e. The standard InChI is InChI=1S/C22H24N2O4/c1-3-4-13-27-20-11-7-17(8-12-20)22(25)23-15-18-14-21(28-24-18)16-5-9-19(26-2)10-6-16/h5-12,14H,3-4,13,15H2,1-2H3,(H,23,25). The molecular weight excluding hydrogens is 356 g/mol. The van der Waals surface area contributed by atoms with Crippen LogP contribution < -0.4 is 14.8 Å². The molecule has 6 heteroatoms. The van der Waals surface area contributed by atoms with Gasteiger partial charge in [0.2, 0.25) is 0 Å². The summed E-state index contributed by atoms with van der Waals surface area (Å²) in [6.45, 7) is 3.09. The van der Waals surface area contributed by atoms with Crippen LogP contribution in [0.2, 0.25) is 0 Å². The van der Waals surface area contributed by atoms with Crippen molar-refractivity contribution in [1.82, 2.24) is 10.5 Å². The van der Waals surface area contributed by atoms with E-state index in [1.807, 2.05) is 42.5 Å². The Bertz CT molecular complexity index is 886. The van der Waals surface area contributed by atoms with E-state index in [0.29, 0.717) is 23.6 Å². The average molecular weight is 380 g/mol. The van der Waals surface area contributed by atoms with Gasteiger partial charge >= 0.3 is 0 Å². The first-order valence-electron chi connectivity index (χ1n) is 9.30. The Hall–Kier alpha value is -3.28. The van der Waals surface area contributed by atoms with Crippen molar-refractivity contribution in [2.24, 2.45) is 0 Å². The second-order valence-electron chi connectivity index (χ2n) is 6.32. The number of carbonyl (C=O) groups excluding carboxylic acids is 1. The van der Waals surface area contributed by atoms with Crippen LogP contribution in [0, 0.1) is 0 Å². The molecule has 3 rings (SSSR count). The van der Waals surface area contributed by atoms with Gasteiger partial charge in [-0.1, -0.05) is 18.5 Å². The molecule has 0 saturated heterocycles. The maximum atomic E-state index is 12.3. The Morgan fingerprint density at radius 1 is 1.07 bits per heavy atom. The third-order valence-corrected chi connectivity index (χ3v) is 4.25. The van der Waals surface area contributed by atoms with Crippen LogP contribution in [0.4, 0.5) is 0 Å². The quantitative estimate of drug-likeness (QED) is 0.555. The highest BCUT2D eigenvalue weighted by Gasteiger charge is 2.10. The van der Waals surface area contributed by atoms with E-state index in [2.05, 4.69) is 17.4 Å². The number of nitrogens with one attached hydrogen (secondary N) is 1. The maximum absolute atomic E-state index is 12.3. The zero-order valence-electron chi connectivity index (χ0n) is 16.1. The van der Waals surface area contributed by atoms with E-state index in [-0.39, 0.29) is 12.5 Å². The van der Waals surface area contributed by atoms with Gasteiger partial charge in [0.15, 0.2) is 5.76 Å². The molecule has 1 N–H and O–H groups in total. The summed E-state index contributed by atoms with van der Waals surface area (Å²) >= 11 is 0. The van der Waals surface area contributed by atoms with E-state index >= 15 is 0 Å². The van der Waals surface area contributed by atoms with Crippen molar-refractivity contribution >= 4 is 5.91 Å². The first-order valence-corrected chi connectivity index (χ1v) is 9.30. The molecule has 6 nitrogen and oxygen atoms in total. The zero-order valence-corrected chi connectivity index (χ0v) is 16.1. The Morgan fingerprint density at radius 2 is 1.79 bits per heavy atom. The Balaban J connectivity index is 1.53. The molecule has 0 saturated carbocycles. The summed E-state index contributed by atoms with van der Waals surface area (Å²) in [6.07, 6.45) is 2.10. The van der Waals surface area contributed by atoms with E-state index in [1.165, 1.54) is 0 Å². The van der Waals surface area contributed by atoms with E-state index in [4.69, 9.17) is 14.0 Å². The summed E-state index contributed by atoms with van der Waals surface area (Å²) in [4.78, 5) is 12.3. The van der Waals surface area contributed by atoms with Crippen LogP contribution in [0.5, 0.6) is 11.5 Å². The van der Waals surface area contributed by atoms with Crippen LogP contribution in [0.1, 0.15) is 35.8 Å². The number of methoxy groups -OCH3 is 1. The van der Waals surface area contributed by atoms with Crippen molar-refractivity contribution in [2.45, 2.75) is 26.3 Å². The number of ether oxygens (including phenoxy) is 2. The monoisotopic (exact) mass is 380 g/mol. The summed E-state index contributed by atoms with van der Waals surface area (Å²) in [7, 11) is 1.62. The fourth-order valence-electron chi connectivity index (χ4n) is 2.60. The number of carbonyl (C=O) groups is 1. The van der Waals surface area contributed by atoms with Crippen molar-refractivity contribution < 1.29 is 18.8 Å². The lowest BCUT2D eigenvalue weighted by Gasteiger charge is -2.07. The molecule has 0 spiro atoms. The first kappa shape index (κ1) is 19.5. The lowest BCUT2D eigenvalue weighted by molar-refractivity contribution is 0.0950. The molecule has 0 atom stereocenters. The largest absolute Gasteiger partial charge is 0.497 e. The Morgan fingerprint density at radius 3 is 2.46 bits per heavy atom. The van der Waals surface area contributed by atoms with Crippen LogP contribution in [0.15, 0.2) is 59.1 Å². The number of hydrogen-bond acceptors (Lipinski definition) is 5. The minimum absolute atomic E-state index is 0.172. The molecule has 0 unspecified atom stereocenters. The molecule has 1 aromatic heterocycles. The molecule has 0 radical (unpaired) electrons. The van der Waals surface area contributed by atoms with Crippen molar-refractivity contribution in [1.29, 1.82) is 0 Å². The van der Waals surface area contributed by atoms with Gasteiger partial charge in [-0.15, -0.1) is 0 Å². The van der Waals surface area contributed by atoms with Gasteiger partial charge < -0.3 is 19.3 Å². The highest BCUT2D eigenvalue weighted by molar-refractivity contribution is 5.94. The fraction of sp³-hybridized carbons (Fsp3) is 0.273. The lowest BCUT2D eigenvalue weighted by Crippen LogP contribution is -2.22. The summed E-state index contributed by atoms with van der Waals surface area (Å²) in [5.41, 5.74) is 2.12. The molecular formula is C22H24N2O4. The maximum Gasteiger partial charge on any atom is 0.251 e. The molecule has 0 aliphatic heterocycles. The summed E-state index contributed by atoms with van der Waals surface area (Å²) in [6, 6.07) is 16.4. The SMILES string of the molecule is CCCCOc1ccc(C(=O)NCc2cc(-c3ccc(OC)cc3)on2)cc1. The van der Waals surface area contributed by atoms with Gasteiger partial charge in [-0.05, 0) is 55.0 Å². The highest BCUT2D eigenvalue weighted by atomic mass is 16.5. The van der Waals surface area contributed by atoms with Gasteiger partial charge in [0, 0.05) is 17.2 Å². The molecule has 1 heterocycles. The van der Waals surface area contributed by atoms with Gasteiger partial charge in [0.25, 0.3) is 5.91 Å². The topological polar surface area (TPSA) is 73.6 Å². The lowest BCUT2D eigenvalue weighted by atomic mass is 10.1. The predicted octanol–water partition coefficient (Wildman–Crippen LogP) is 4.46. The number of unbranched alkanes of at least 4 members (excludes halogenated alkanes) is 1. The van der Waals surface area contributed by atoms with E-state index in [0.717, 1.165) is 29.9 Å². The normalized spacial score (nSPS) is 10.5. The molecule has 0 fully saturated rings. The second kappa shape index (κ2) is 9.60. The van der Waals surface area contributed by atoms with Gasteiger partial charge in [-0.2, -0.15) is 0 Å². The van der Waals surface area contributed by atoms with Crippen LogP contribution in [-0.4, -0.2) is 24.8 Å². The number of amides is 1.